The Morgan fingerprint density at radius 3 is 2.69 bits per heavy atom. The van der Waals surface area contributed by atoms with Gasteiger partial charge in [0.2, 0.25) is 11.8 Å². The highest BCUT2D eigenvalue weighted by atomic mass is 32.2. The average molecular weight is 410 g/mol. The second-order valence-electron chi connectivity index (χ2n) is 7.24. The second kappa shape index (κ2) is 8.69. The number of anilines is 2. The summed E-state index contributed by atoms with van der Waals surface area (Å²) in [5.41, 5.74) is 2.00. The number of hydrogen-bond acceptors (Lipinski definition) is 4. The summed E-state index contributed by atoms with van der Waals surface area (Å²) in [6.45, 7) is 0.653. The number of para-hydroxylation sites is 1. The van der Waals surface area contributed by atoms with Gasteiger partial charge in [-0.2, -0.15) is 0 Å². The normalized spacial score (nSPS) is 15.4. The predicted octanol–water partition coefficient (Wildman–Crippen LogP) is 3.44. The molecule has 0 aromatic heterocycles. The molecule has 1 aliphatic carbocycles. The van der Waals surface area contributed by atoms with Crippen LogP contribution in [0.4, 0.5) is 11.4 Å². The van der Waals surface area contributed by atoms with Gasteiger partial charge in [0.05, 0.1) is 5.69 Å². The van der Waals surface area contributed by atoms with Crippen LogP contribution in [0.25, 0.3) is 0 Å². The summed E-state index contributed by atoms with van der Waals surface area (Å²) >= 11 is 1.74. The molecule has 29 heavy (non-hydrogen) atoms. The Bertz CT molecular complexity index is 942. The summed E-state index contributed by atoms with van der Waals surface area (Å²) in [5.74, 6) is 0.439. The Balaban J connectivity index is 1.31. The molecule has 1 saturated carbocycles. The van der Waals surface area contributed by atoms with Gasteiger partial charge in [-0.25, -0.2) is 0 Å². The van der Waals surface area contributed by atoms with Crippen LogP contribution in [0.5, 0.6) is 0 Å². The van der Waals surface area contributed by atoms with Gasteiger partial charge in [-0.3, -0.25) is 14.4 Å². The minimum atomic E-state index is -0.238. The first-order valence-corrected chi connectivity index (χ1v) is 10.8. The van der Waals surface area contributed by atoms with Crippen molar-refractivity contribution in [1.29, 1.82) is 0 Å². The van der Waals surface area contributed by atoms with Gasteiger partial charge in [0.15, 0.2) is 0 Å². The lowest BCUT2D eigenvalue weighted by Gasteiger charge is -2.29. The molecule has 1 aliphatic heterocycles. The first-order valence-electron chi connectivity index (χ1n) is 9.83. The van der Waals surface area contributed by atoms with E-state index in [0.717, 1.165) is 29.2 Å². The number of carbonyl (C=O) groups excluding carboxylic acids is 3. The maximum atomic E-state index is 12.7. The number of nitrogens with zero attached hydrogens (tertiary/aromatic N) is 1. The summed E-state index contributed by atoms with van der Waals surface area (Å²) in [4.78, 5) is 40.0. The molecule has 0 saturated heterocycles. The zero-order valence-corrected chi connectivity index (χ0v) is 16.8. The molecule has 6 nitrogen and oxygen atoms in total. The Labute approximate surface area is 174 Å². The number of fused-ring (bicyclic) bond motifs is 1. The topological polar surface area (TPSA) is 78.5 Å². The Morgan fingerprint density at radius 1 is 1.03 bits per heavy atom. The molecular formula is C22H23N3O3S. The van der Waals surface area contributed by atoms with Crippen molar-refractivity contribution in [3.63, 3.8) is 0 Å². The standard InChI is InChI=1S/C22H23N3O3S/c26-20(23-17-5-3-4-15(14-17)22(28)24-16-8-9-16)10-11-21(27)25-12-13-29-19-7-2-1-6-18(19)25/h1-7,14,16H,8-13H2,(H,23,26)(H,24,28). The molecule has 0 unspecified atom stereocenters. The summed E-state index contributed by atoms with van der Waals surface area (Å²) in [6.07, 6.45) is 2.29. The smallest absolute Gasteiger partial charge is 0.251 e. The predicted molar refractivity (Wildman–Crippen MR) is 114 cm³/mol. The SMILES string of the molecule is O=C(CCC(=O)N1CCSc2ccccc21)Nc1cccc(C(=O)NC2CC2)c1. The molecule has 150 valence electrons. The van der Waals surface area contributed by atoms with E-state index in [-0.39, 0.29) is 36.6 Å². The highest BCUT2D eigenvalue weighted by Crippen LogP contribution is 2.34. The molecule has 0 radical (unpaired) electrons. The van der Waals surface area contributed by atoms with Crippen molar-refractivity contribution in [2.75, 3.05) is 22.5 Å². The maximum absolute atomic E-state index is 12.7. The molecule has 1 fully saturated rings. The van der Waals surface area contributed by atoms with E-state index in [0.29, 0.717) is 17.8 Å². The summed E-state index contributed by atoms with van der Waals surface area (Å²) < 4.78 is 0. The zero-order chi connectivity index (χ0) is 20.2. The van der Waals surface area contributed by atoms with Crippen molar-refractivity contribution in [1.82, 2.24) is 5.32 Å². The Hall–Kier alpha value is -2.80. The van der Waals surface area contributed by atoms with E-state index in [2.05, 4.69) is 10.6 Å². The molecular weight excluding hydrogens is 386 g/mol. The van der Waals surface area contributed by atoms with Crippen LogP contribution in [0.2, 0.25) is 0 Å². The van der Waals surface area contributed by atoms with Crippen molar-refractivity contribution < 1.29 is 14.4 Å². The van der Waals surface area contributed by atoms with Crippen LogP contribution in [0.3, 0.4) is 0 Å². The molecule has 0 bridgehead atoms. The number of benzene rings is 2. The fourth-order valence-corrected chi connectivity index (χ4v) is 4.24. The molecule has 3 amide bonds. The highest BCUT2D eigenvalue weighted by molar-refractivity contribution is 7.99. The van der Waals surface area contributed by atoms with Crippen LogP contribution in [-0.2, 0) is 9.59 Å². The number of nitrogens with one attached hydrogen (secondary N) is 2. The number of carbonyl (C=O) groups is 3. The van der Waals surface area contributed by atoms with Crippen LogP contribution in [0.15, 0.2) is 53.4 Å². The monoisotopic (exact) mass is 409 g/mol. The van der Waals surface area contributed by atoms with Gasteiger partial charge < -0.3 is 15.5 Å². The molecule has 1 heterocycles. The average Bonchev–Trinajstić information content (AvgIpc) is 3.56. The van der Waals surface area contributed by atoms with Gasteiger partial charge in [-0.15, -0.1) is 11.8 Å². The molecule has 7 heteroatoms. The van der Waals surface area contributed by atoms with Crippen molar-refractivity contribution >= 4 is 40.9 Å². The van der Waals surface area contributed by atoms with Crippen molar-refractivity contribution in [2.24, 2.45) is 0 Å². The van der Waals surface area contributed by atoms with Gasteiger partial charge in [-0.05, 0) is 43.2 Å². The highest BCUT2D eigenvalue weighted by Gasteiger charge is 2.24. The lowest BCUT2D eigenvalue weighted by Crippen LogP contribution is -2.35. The van der Waals surface area contributed by atoms with Crippen LogP contribution in [0.1, 0.15) is 36.0 Å². The first kappa shape index (κ1) is 19.5. The van der Waals surface area contributed by atoms with Gasteiger partial charge in [0.25, 0.3) is 5.91 Å². The molecule has 2 aliphatic rings. The Kier molecular flexibility index (Phi) is 5.85. The number of amides is 3. The summed E-state index contributed by atoms with van der Waals surface area (Å²) in [7, 11) is 0. The summed E-state index contributed by atoms with van der Waals surface area (Å²) in [5, 5.41) is 5.72. The van der Waals surface area contributed by atoms with E-state index in [1.807, 2.05) is 24.3 Å². The van der Waals surface area contributed by atoms with Crippen molar-refractivity contribution in [3.8, 4) is 0 Å². The summed E-state index contributed by atoms with van der Waals surface area (Å²) in [6, 6.07) is 15.0. The fourth-order valence-electron chi connectivity index (χ4n) is 3.24. The minimum Gasteiger partial charge on any atom is -0.349 e. The number of rotatable bonds is 6. The molecule has 0 spiro atoms. The zero-order valence-electron chi connectivity index (χ0n) is 16.0. The van der Waals surface area contributed by atoms with E-state index in [1.165, 1.54) is 0 Å². The van der Waals surface area contributed by atoms with Gasteiger partial charge in [0.1, 0.15) is 0 Å². The van der Waals surface area contributed by atoms with Crippen LogP contribution in [-0.4, -0.2) is 36.1 Å². The lowest BCUT2D eigenvalue weighted by molar-refractivity contribution is -0.122. The maximum Gasteiger partial charge on any atom is 0.251 e. The lowest BCUT2D eigenvalue weighted by atomic mass is 10.1. The van der Waals surface area contributed by atoms with E-state index >= 15 is 0 Å². The van der Waals surface area contributed by atoms with E-state index in [4.69, 9.17) is 0 Å². The van der Waals surface area contributed by atoms with Gasteiger partial charge in [0, 0.05) is 47.3 Å². The van der Waals surface area contributed by atoms with E-state index < -0.39 is 0 Å². The third-order valence-electron chi connectivity index (χ3n) is 4.92. The first-order chi connectivity index (χ1) is 14.1. The van der Waals surface area contributed by atoms with Crippen LogP contribution < -0.4 is 15.5 Å². The molecule has 2 aromatic carbocycles. The second-order valence-corrected chi connectivity index (χ2v) is 8.38. The van der Waals surface area contributed by atoms with Crippen molar-refractivity contribution in [3.05, 3.63) is 54.1 Å². The molecule has 2 N–H and O–H groups in total. The van der Waals surface area contributed by atoms with Crippen molar-refractivity contribution in [2.45, 2.75) is 36.6 Å². The number of thioether (sulfide) groups is 1. The number of hydrogen-bond donors (Lipinski definition) is 2. The van der Waals surface area contributed by atoms with Gasteiger partial charge in [-0.1, -0.05) is 18.2 Å². The quantitative estimate of drug-likeness (QED) is 0.766. The van der Waals surface area contributed by atoms with E-state index in [1.54, 1.807) is 40.9 Å². The molecule has 0 atom stereocenters. The minimum absolute atomic E-state index is 0.0505. The third-order valence-corrected chi connectivity index (χ3v) is 5.96. The fraction of sp³-hybridized carbons (Fsp3) is 0.318. The third kappa shape index (κ3) is 4.98. The van der Waals surface area contributed by atoms with Crippen LogP contribution in [0, 0.1) is 0 Å². The van der Waals surface area contributed by atoms with Gasteiger partial charge >= 0.3 is 0 Å². The largest absolute Gasteiger partial charge is 0.349 e. The molecule has 2 aromatic rings. The Morgan fingerprint density at radius 2 is 1.86 bits per heavy atom. The van der Waals surface area contributed by atoms with E-state index in [9.17, 15) is 14.4 Å². The molecule has 4 rings (SSSR count). The van der Waals surface area contributed by atoms with Crippen LogP contribution >= 0.6 is 11.8 Å².